The fourth-order valence-corrected chi connectivity index (χ4v) is 1.21. The van der Waals surface area contributed by atoms with E-state index in [1.807, 2.05) is 0 Å². The largest absolute Gasteiger partial charge is 0.381 e. The highest BCUT2D eigenvalue weighted by molar-refractivity contribution is 4.78. The third-order valence-corrected chi connectivity index (χ3v) is 2.16. The molecule has 0 N–H and O–H groups in total. The second-order valence-electron chi connectivity index (χ2n) is 3.39. The van der Waals surface area contributed by atoms with Crippen LogP contribution < -0.4 is 0 Å². The Hall–Kier alpha value is -0.0400. The molecule has 0 bridgehead atoms. The number of hydrogen-bond donors (Lipinski definition) is 0. The maximum atomic E-state index is 5.45. The van der Waals surface area contributed by atoms with Crippen molar-refractivity contribution in [3.05, 3.63) is 0 Å². The summed E-state index contributed by atoms with van der Waals surface area (Å²) < 4.78 is 5.45. The van der Waals surface area contributed by atoms with E-state index in [1.54, 1.807) is 0 Å². The molecule has 1 heteroatoms. The van der Waals surface area contributed by atoms with Crippen LogP contribution in [0.25, 0.3) is 0 Å². The normalized spacial score (nSPS) is 21.0. The molecular weight excluding hydrogens is 124 g/mol. The molecule has 10 heavy (non-hydrogen) atoms. The first-order valence-electron chi connectivity index (χ1n) is 4.42. The van der Waals surface area contributed by atoms with Crippen molar-refractivity contribution in [3.63, 3.8) is 0 Å². The Labute approximate surface area is 63.8 Å². The maximum Gasteiger partial charge on any atom is 0.0494 e. The Balaban J connectivity index is 1.90. The van der Waals surface area contributed by atoms with Gasteiger partial charge in [-0.25, -0.2) is 0 Å². The standard InChI is InChI=1S/C9H18O/c1-3-6-10-7-8(2)9-4-5-9/h8-9H,3-7H2,1-2H3. The van der Waals surface area contributed by atoms with Crippen molar-refractivity contribution in [1.29, 1.82) is 0 Å². The molecule has 1 nitrogen and oxygen atoms in total. The monoisotopic (exact) mass is 142 g/mol. The van der Waals surface area contributed by atoms with Crippen LogP contribution >= 0.6 is 0 Å². The van der Waals surface area contributed by atoms with Crippen molar-refractivity contribution < 1.29 is 4.74 Å². The molecule has 0 spiro atoms. The van der Waals surface area contributed by atoms with Gasteiger partial charge in [-0.3, -0.25) is 0 Å². The van der Waals surface area contributed by atoms with E-state index in [9.17, 15) is 0 Å². The van der Waals surface area contributed by atoms with Crippen LogP contribution in [0.5, 0.6) is 0 Å². The molecule has 60 valence electrons. The summed E-state index contributed by atoms with van der Waals surface area (Å²) in [6, 6.07) is 0. The van der Waals surface area contributed by atoms with Gasteiger partial charge in [0.25, 0.3) is 0 Å². The molecular formula is C9H18O. The van der Waals surface area contributed by atoms with Crippen molar-refractivity contribution in [2.45, 2.75) is 33.1 Å². The van der Waals surface area contributed by atoms with Gasteiger partial charge in [0.1, 0.15) is 0 Å². The Morgan fingerprint density at radius 3 is 2.70 bits per heavy atom. The van der Waals surface area contributed by atoms with Gasteiger partial charge in [-0.05, 0) is 31.1 Å². The van der Waals surface area contributed by atoms with E-state index in [0.717, 1.165) is 31.5 Å². The van der Waals surface area contributed by atoms with Crippen LogP contribution in [0.3, 0.4) is 0 Å². The first-order chi connectivity index (χ1) is 4.84. The maximum absolute atomic E-state index is 5.45. The van der Waals surface area contributed by atoms with Gasteiger partial charge < -0.3 is 4.74 Å². The first-order valence-corrected chi connectivity index (χ1v) is 4.42. The van der Waals surface area contributed by atoms with E-state index >= 15 is 0 Å². The summed E-state index contributed by atoms with van der Waals surface area (Å²) >= 11 is 0. The van der Waals surface area contributed by atoms with Crippen LogP contribution in [-0.2, 0) is 4.74 Å². The average molecular weight is 142 g/mol. The minimum Gasteiger partial charge on any atom is -0.381 e. The van der Waals surface area contributed by atoms with Gasteiger partial charge in [-0.2, -0.15) is 0 Å². The van der Waals surface area contributed by atoms with Crippen LogP contribution in [0.1, 0.15) is 33.1 Å². The second kappa shape index (κ2) is 3.97. The van der Waals surface area contributed by atoms with Crippen molar-refractivity contribution in [2.75, 3.05) is 13.2 Å². The molecule has 0 aromatic carbocycles. The lowest BCUT2D eigenvalue weighted by Gasteiger charge is -2.09. The van der Waals surface area contributed by atoms with Gasteiger partial charge >= 0.3 is 0 Å². The third kappa shape index (κ3) is 2.70. The molecule has 1 aliphatic rings. The van der Waals surface area contributed by atoms with Gasteiger partial charge in [0, 0.05) is 13.2 Å². The summed E-state index contributed by atoms with van der Waals surface area (Å²) in [5.41, 5.74) is 0. The van der Waals surface area contributed by atoms with E-state index in [0.29, 0.717) is 0 Å². The molecule has 0 aliphatic heterocycles. The summed E-state index contributed by atoms with van der Waals surface area (Å²) in [4.78, 5) is 0. The summed E-state index contributed by atoms with van der Waals surface area (Å²) in [6.45, 7) is 6.38. The van der Waals surface area contributed by atoms with E-state index in [2.05, 4.69) is 13.8 Å². The van der Waals surface area contributed by atoms with Crippen LogP contribution in [-0.4, -0.2) is 13.2 Å². The molecule has 1 unspecified atom stereocenters. The Kier molecular flexibility index (Phi) is 3.20. The third-order valence-electron chi connectivity index (χ3n) is 2.16. The molecule has 1 rings (SSSR count). The van der Waals surface area contributed by atoms with Gasteiger partial charge in [-0.15, -0.1) is 0 Å². The smallest absolute Gasteiger partial charge is 0.0494 e. The molecule has 0 radical (unpaired) electrons. The molecule has 1 atom stereocenters. The Morgan fingerprint density at radius 2 is 2.20 bits per heavy atom. The number of rotatable bonds is 5. The molecule has 0 heterocycles. The molecule has 0 amide bonds. The molecule has 0 saturated heterocycles. The number of ether oxygens (including phenoxy) is 1. The molecule has 1 fully saturated rings. The lowest BCUT2D eigenvalue weighted by atomic mass is 10.1. The fraction of sp³-hybridized carbons (Fsp3) is 1.00. The molecule has 0 aromatic heterocycles. The zero-order valence-corrected chi connectivity index (χ0v) is 7.10. The second-order valence-corrected chi connectivity index (χ2v) is 3.39. The molecule has 1 saturated carbocycles. The lowest BCUT2D eigenvalue weighted by molar-refractivity contribution is 0.0985. The minimum absolute atomic E-state index is 0.812. The van der Waals surface area contributed by atoms with Crippen molar-refractivity contribution in [3.8, 4) is 0 Å². The average Bonchev–Trinajstić information content (AvgIpc) is 2.69. The van der Waals surface area contributed by atoms with E-state index in [-0.39, 0.29) is 0 Å². The Bertz CT molecular complexity index is 86.7. The highest BCUT2D eigenvalue weighted by Gasteiger charge is 2.27. The first kappa shape index (κ1) is 8.06. The number of hydrogen-bond acceptors (Lipinski definition) is 1. The van der Waals surface area contributed by atoms with Crippen LogP contribution in [0, 0.1) is 11.8 Å². The van der Waals surface area contributed by atoms with E-state index < -0.39 is 0 Å². The minimum atomic E-state index is 0.812. The van der Waals surface area contributed by atoms with E-state index in [4.69, 9.17) is 4.74 Å². The quantitative estimate of drug-likeness (QED) is 0.536. The van der Waals surface area contributed by atoms with Crippen LogP contribution in [0.15, 0.2) is 0 Å². The van der Waals surface area contributed by atoms with Gasteiger partial charge in [0.2, 0.25) is 0 Å². The van der Waals surface area contributed by atoms with Crippen molar-refractivity contribution in [1.82, 2.24) is 0 Å². The summed E-state index contributed by atoms with van der Waals surface area (Å²) in [7, 11) is 0. The fourth-order valence-electron chi connectivity index (χ4n) is 1.21. The van der Waals surface area contributed by atoms with Gasteiger partial charge in [0.15, 0.2) is 0 Å². The predicted octanol–water partition coefficient (Wildman–Crippen LogP) is 2.46. The zero-order valence-electron chi connectivity index (χ0n) is 7.10. The van der Waals surface area contributed by atoms with E-state index in [1.165, 1.54) is 12.8 Å². The lowest BCUT2D eigenvalue weighted by Crippen LogP contribution is -2.07. The van der Waals surface area contributed by atoms with Crippen molar-refractivity contribution >= 4 is 0 Å². The van der Waals surface area contributed by atoms with Crippen LogP contribution in [0.2, 0.25) is 0 Å². The molecule has 0 aromatic rings. The highest BCUT2D eigenvalue weighted by atomic mass is 16.5. The SMILES string of the molecule is CCCOCC(C)C1CC1. The predicted molar refractivity (Wildman–Crippen MR) is 43.0 cm³/mol. The summed E-state index contributed by atoms with van der Waals surface area (Å²) in [6.07, 6.45) is 4.03. The Morgan fingerprint density at radius 1 is 1.50 bits per heavy atom. The zero-order chi connectivity index (χ0) is 7.40. The van der Waals surface area contributed by atoms with Gasteiger partial charge in [-0.1, -0.05) is 13.8 Å². The van der Waals surface area contributed by atoms with Crippen LogP contribution in [0.4, 0.5) is 0 Å². The van der Waals surface area contributed by atoms with Crippen molar-refractivity contribution in [2.24, 2.45) is 11.8 Å². The summed E-state index contributed by atoms with van der Waals surface area (Å²) in [5, 5.41) is 0. The summed E-state index contributed by atoms with van der Waals surface area (Å²) in [5.74, 6) is 1.81. The topological polar surface area (TPSA) is 9.23 Å². The molecule has 1 aliphatic carbocycles. The highest BCUT2D eigenvalue weighted by Crippen LogP contribution is 2.36. The van der Waals surface area contributed by atoms with Gasteiger partial charge in [0.05, 0.1) is 0 Å².